The van der Waals surface area contributed by atoms with E-state index in [2.05, 4.69) is 4.98 Å². The van der Waals surface area contributed by atoms with E-state index in [0.29, 0.717) is 11.2 Å². The molecule has 0 aliphatic rings. The van der Waals surface area contributed by atoms with E-state index in [1.54, 1.807) is 0 Å². The number of hydrogen-bond acceptors (Lipinski definition) is 5. The van der Waals surface area contributed by atoms with Crippen molar-refractivity contribution in [3.05, 3.63) is 38.8 Å². The van der Waals surface area contributed by atoms with Crippen LogP contribution in [0.2, 0.25) is 10.0 Å². The topological polar surface area (TPSA) is 83.2 Å². The van der Waals surface area contributed by atoms with Crippen molar-refractivity contribution >= 4 is 46.0 Å². The molecule has 0 atom stereocenters. The lowest BCUT2D eigenvalue weighted by atomic mass is 10.2. The highest BCUT2D eigenvalue weighted by Crippen LogP contribution is 2.26. The highest BCUT2D eigenvalue weighted by atomic mass is 35.5. The third kappa shape index (κ3) is 3.71. The first kappa shape index (κ1) is 17.4. The number of aromatic nitrogens is 2. The van der Waals surface area contributed by atoms with Gasteiger partial charge < -0.3 is 9.94 Å². The van der Waals surface area contributed by atoms with E-state index in [9.17, 15) is 14.8 Å². The number of nitrogens with zero attached hydrogens (tertiary/aromatic N) is 2. The van der Waals surface area contributed by atoms with Crippen molar-refractivity contribution in [3.8, 4) is 0 Å². The van der Waals surface area contributed by atoms with Gasteiger partial charge in [0.25, 0.3) is 5.69 Å². The number of halogens is 2. The normalized spacial score (nSPS) is 10.8. The second kappa shape index (κ2) is 7.10. The van der Waals surface area contributed by atoms with Crippen LogP contribution in [0.3, 0.4) is 0 Å². The summed E-state index contributed by atoms with van der Waals surface area (Å²) in [6, 6.07) is 2.77. The van der Waals surface area contributed by atoms with Crippen LogP contribution in [0.25, 0.3) is 11.0 Å². The Kier molecular flexibility index (Phi) is 5.38. The van der Waals surface area contributed by atoms with Crippen molar-refractivity contribution < 1.29 is 19.1 Å². The van der Waals surface area contributed by atoms with Gasteiger partial charge in [-0.2, -0.15) is 4.73 Å². The molecule has 1 heterocycles. The average molecular weight is 357 g/mol. The third-order valence-electron chi connectivity index (χ3n) is 3.13. The predicted octanol–water partition coefficient (Wildman–Crippen LogP) is 3.22. The van der Waals surface area contributed by atoms with E-state index < -0.39 is 11.8 Å². The van der Waals surface area contributed by atoms with Gasteiger partial charge >= 0.3 is 5.97 Å². The number of carbonyl (C=O) groups is 2. The summed E-state index contributed by atoms with van der Waals surface area (Å²) in [7, 11) is 0. The molecule has 0 fully saturated rings. The molecule has 1 aromatic carbocycles. The molecule has 0 bridgehead atoms. The van der Waals surface area contributed by atoms with Gasteiger partial charge in [0.2, 0.25) is 11.3 Å². The number of esters is 1. The first-order chi connectivity index (χ1) is 10.8. The molecule has 8 heteroatoms. The Hall–Kier alpha value is -1.92. The molecule has 0 aliphatic heterocycles. The fourth-order valence-corrected chi connectivity index (χ4v) is 2.40. The summed E-state index contributed by atoms with van der Waals surface area (Å²) in [6.45, 7) is 2.83. The number of Topliss-reactive ketones (excluding diaryl/α,β-unsaturated/α-hetero) is 1. The van der Waals surface area contributed by atoms with Gasteiger partial charge in [0.15, 0.2) is 5.69 Å². The number of benzene rings is 1. The lowest BCUT2D eigenvalue weighted by Crippen LogP contribution is -2.37. The second-order valence-electron chi connectivity index (χ2n) is 4.92. The Labute approximate surface area is 142 Å². The SMILES string of the molecule is CCCC(=O)OCc1nc2cc(Cl)c(Cl)cc2[n+]([O-])c1C(C)=O. The van der Waals surface area contributed by atoms with Crippen LogP contribution in [0, 0.1) is 5.21 Å². The van der Waals surface area contributed by atoms with Gasteiger partial charge in [0.1, 0.15) is 12.1 Å². The molecule has 122 valence electrons. The number of carbonyl (C=O) groups excluding carboxylic acids is 2. The Morgan fingerprint density at radius 3 is 2.57 bits per heavy atom. The first-order valence-electron chi connectivity index (χ1n) is 6.92. The maximum atomic E-state index is 12.4. The Morgan fingerprint density at radius 1 is 1.30 bits per heavy atom. The lowest BCUT2D eigenvalue weighted by molar-refractivity contribution is -0.580. The molecule has 0 N–H and O–H groups in total. The van der Waals surface area contributed by atoms with Gasteiger partial charge in [-0.3, -0.25) is 9.59 Å². The van der Waals surface area contributed by atoms with Gasteiger partial charge in [0.05, 0.1) is 10.0 Å². The van der Waals surface area contributed by atoms with Gasteiger partial charge in [-0.1, -0.05) is 30.1 Å². The quantitative estimate of drug-likeness (QED) is 0.355. The van der Waals surface area contributed by atoms with E-state index in [4.69, 9.17) is 27.9 Å². The average Bonchev–Trinajstić information content (AvgIpc) is 2.47. The third-order valence-corrected chi connectivity index (χ3v) is 3.85. The van der Waals surface area contributed by atoms with E-state index in [1.807, 2.05) is 6.92 Å². The van der Waals surface area contributed by atoms with Crippen molar-refractivity contribution in [1.82, 2.24) is 4.98 Å². The summed E-state index contributed by atoms with van der Waals surface area (Å²) >= 11 is 11.8. The molecular weight excluding hydrogens is 343 g/mol. The highest BCUT2D eigenvalue weighted by Gasteiger charge is 2.24. The summed E-state index contributed by atoms with van der Waals surface area (Å²) < 4.78 is 5.49. The number of ether oxygens (including phenoxy) is 1. The molecule has 1 aromatic heterocycles. The molecule has 0 amide bonds. The van der Waals surface area contributed by atoms with Gasteiger partial charge in [-0.15, -0.1) is 0 Å². The minimum Gasteiger partial charge on any atom is -0.618 e. The number of rotatable bonds is 5. The minimum absolute atomic E-state index is 0.0860. The van der Waals surface area contributed by atoms with Crippen molar-refractivity contribution in [3.63, 3.8) is 0 Å². The Balaban J connectivity index is 2.54. The molecule has 0 aliphatic carbocycles. The summed E-state index contributed by atoms with van der Waals surface area (Å²) in [4.78, 5) is 27.5. The van der Waals surface area contributed by atoms with E-state index in [1.165, 1.54) is 19.1 Å². The first-order valence-corrected chi connectivity index (χ1v) is 7.68. The van der Waals surface area contributed by atoms with Crippen molar-refractivity contribution in [2.24, 2.45) is 0 Å². The maximum Gasteiger partial charge on any atom is 0.306 e. The Morgan fingerprint density at radius 2 is 1.96 bits per heavy atom. The Bertz CT molecular complexity index is 793. The molecule has 0 saturated heterocycles. The molecule has 2 rings (SSSR count). The van der Waals surface area contributed by atoms with Gasteiger partial charge in [-0.05, 0) is 12.5 Å². The molecule has 23 heavy (non-hydrogen) atoms. The molecule has 0 saturated carbocycles. The van der Waals surface area contributed by atoms with E-state index >= 15 is 0 Å². The van der Waals surface area contributed by atoms with Crippen LogP contribution >= 0.6 is 23.2 Å². The minimum atomic E-state index is -0.484. The molecule has 6 nitrogen and oxygen atoms in total. The van der Waals surface area contributed by atoms with Gasteiger partial charge in [0, 0.05) is 19.4 Å². The van der Waals surface area contributed by atoms with Crippen LogP contribution in [0.5, 0.6) is 0 Å². The summed E-state index contributed by atoms with van der Waals surface area (Å²) in [5.74, 6) is -0.905. The zero-order chi connectivity index (χ0) is 17.1. The molecular formula is C15H14Cl2N2O4. The van der Waals surface area contributed by atoms with Crippen LogP contribution in [-0.4, -0.2) is 16.7 Å². The fourth-order valence-electron chi connectivity index (χ4n) is 2.09. The molecule has 2 aromatic rings. The van der Waals surface area contributed by atoms with Crippen LogP contribution in [-0.2, 0) is 16.1 Å². The van der Waals surface area contributed by atoms with Crippen LogP contribution < -0.4 is 4.73 Å². The van der Waals surface area contributed by atoms with Crippen LogP contribution in [0.4, 0.5) is 0 Å². The van der Waals surface area contributed by atoms with Crippen LogP contribution in [0.15, 0.2) is 12.1 Å². The summed E-state index contributed by atoms with van der Waals surface area (Å²) in [5.41, 5.74) is 0.289. The van der Waals surface area contributed by atoms with Gasteiger partial charge in [-0.25, -0.2) is 4.98 Å². The zero-order valence-corrected chi connectivity index (χ0v) is 14.1. The summed E-state index contributed by atoms with van der Waals surface area (Å²) in [5, 5.41) is 12.9. The second-order valence-corrected chi connectivity index (χ2v) is 5.74. The largest absolute Gasteiger partial charge is 0.618 e. The number of fused-ring (bicyclic) bond motifs is 1. The smallest absolute Gasteiger partial charge is 0.306 e. The van der Waals surface area contributed by atoms with Crippen molar-refractivity contribution in [2.45, 2.75) is 33.3 Å². The van der Waals surface area contributed by atoms with E-state index in [-0.39, 0.29) is 45.5 Å². The molecule has 0 unspecified atom stereocenters. The summed E-state index contributed by atoms with van der Waals surface area (Å²) in [6.07, 6.45) is 0.890. The van der Waals surface area contributed by atoms with Crippen molar-refractivity contribution in [1.29, 1.82) is 0 Å². The maximum absolute atomic E-state index is 12.4. The standard InChI is InChI=1S/C15H14Cl2N2O4/c1-3-4-14(21)23-7-12-15(8(2)20)19(22)13-6-10(17)9(16)5-11(13)18-12/h5-6H,3-4,7H2,1-2H3. The fraction of sp³-hybridized carbons (Fsp3) is 0.333. The van der Waals surface area contributed by atoms with Crippen LogP contribution in [0.1, 0.15) is 42.9 Å². The highest BCUT2D eigenvalue weighted by molar-refractivity contribution is 6.42. The molecule has 0 radical (unpaired) electrons. The zero-order valence-electron chi connectivity index (χ0n) is 12.6. The molecule has 0 spiro atoms. The van der Waals surface area contributed by atoms with E-state index in [0.717, 1.165) is 0 Å². The van der Waals surface area contributed by atoms with Crippen molar-refractivity contribution in [2.75, 3.05) is 0 Å². The monoisotopic (exact) mass is 356 g/mol. The number of hydrogen-bond donors (Lipinski definition) is 0. The predicted molar refractivity (Wildman–Crippen MR) is 85.4 cm³/mol. The number of ketones is 1. The lowest BCUT2D eigenvalue weighted by Gasteiger charge is -2.11.